The monoisotopic (exact) mass is 181 g/mol. The van der Waals surface area contributed by atoms with Crippen LogP contribution in [-0.4, -0.2) is 14.9 Å². The summed E-state index contributed by atoms with van der Waals surface area (Å²) in [6.45, 7) is 0. The predicted octanol–water partition coefficient (Wildman–Crippen LogP) is 0.555. The molecule has 6 nitrogen and oxygen atoms in total. The van der Waals surface area contributed by atoms with Gasteiger partial charge in [0.1, 0.15) is 12.0 Å². The molecule has 6 heteroatoms. The van der Waals surface area contributed by atoms with E-state index in [0.717, 1.165) is 19.0 Å². The third-order valence-corrected chi connectivity index (χ3v) is 1.96. The molecule has 0 amide bonds. The second-order valence-corrected chi connectivity index (χ2v) is 3.01. The van der Waals surface area contributed by atoms with Gasteiger partial charge in [-0.25, -0.2) is 4.98 Å². The third-order valence-electron chi connectivity index (χ3n) is 1.96. The summed E-state index contributed by atoms with van der Waals surface area (Å²) >= 11 is 0. The van der Waals surface area contributed by atoms with E-state index in [0.29, 0.717) is 11.7 Å². The standard InChI is InChI=1S/C7H7N3O3/c11-7-5(10(12)13)3-8-6(9-7)4-1-2-4/h3-4H,1-2H2,(H,8,9,11). The van der Waals surface area contributed by atoms with Gasteiger partial charge in [-0.2, -0.15) is 0 Å². The zero-order valence-electron chi connectivity index (χ0n) is 6.69. The Labute approximate surface area is 72.8 Å². The molecule has 68 valence electrons. The van der Waals surface area contributed by atoms with Gasteiger partial charge in [-0.3, -0.25) is 14.9 Å². The third kappa shape index (κ3) is 1.42. The second-order valence-electron chi connectivity index (χ2n) is 3.01. The van der Waals surface area contributed by atoms with Crippen LogP contribution in [0.1, 0.15) is 24.6 Å². The maximum atomic E-state index is 11.1. The number of H-pyrrole nitrogens is 1. The van der Waals surface area contributed by atoms with E-state index < -0.39 is 16.2 Å². The van der Waals surface area contributed by atoms with Gasteiger partial charge in [0.15, 0.2) is 0 Å². The molecule has 0 radical (unpaired) electrons. The van der Waals surface area contributed by atoms with E-state index in [4.69, 9.17) is 0 Å². The Morgan fingerprint density at radius 3 is 2.77 bits per heavy atom. The SMILES string of the molecule is O=c1[nH]c(C2CC2)ncc1[N+](=O)[O-]. The number of nitro groups is 1. The van der Waals surface area contributed by atoms with E-state index in [9.17, 15) is 14.9 Å². The van der Waals surface area contributed by atoms with E-state index in [1.165, 1.54) is 0 Å². The summed E-state index contributed by atoms with van der Waals surface area (Å²) in [7, 11) is 0. The first kappa shape index (κ1) is 7.90. The van der Waals surface area contributed by atoms with Crippen molar-refractivity contribution in [1.82, 2.24) is 9.97 Å². The molecular weight excluding hydrogens is 174 g/mol. The van der Waals surface area contributed by atoms with Crippen LogP contribution < -0.4 is 5.56 Å². The van der Waals surface area contributed by atoms with Crippen molar-refractivity contribution in [2.75, 3.05) is 0 Å². The van der Waals surface area contributed by atoms with Gasteiger partial charge in [0.2, 0.25) is 0 Å². The van der Waals surface area contributed by atoms with Gasteiger partial charge in [0.25, 0.3) is 0 Å². The molecule has 1 heterocycles. The molecule has 13 heavy (non-hydrogen) atoms. The minimum absolute atomic E-state index is 0.300. The average molecular weight is 181 g/mol. The lowest BCUT2D eigenvalue weighted by Gasteiger charge is -1.94. The van der Waals surface area contributed by atoms with Crippen LogP contribution in [0.25, 0.3) is 0 Å². The number of nitrogens with zero attached hydrogens (tertiary/aromatic N) is 2. The molecule has 0 aromatic carbocycles. The van der Waals surface area contributed by atoms with E-state index in [1.54, 1.807) is 0 Å². The van der Waals surface area contributed by atoms with Crippen molar-refractivity contribution in [2.45, 2.75) is 18.8 Å². The molecule has 1 aliphatic carbocycles. The van der Waals surface area contributed by atoms with Gasteiger partial charge in [-0.1, -0.05) is 0 Å². The van der Waals surface area contributed by atoms with Crippen molar-refractivity contribution in [3.63, 3.8) is 0 Å². The van der Waals surface area contributed by atoms with Crippen molar-refractivity contribution in [3.05, 3.63) is 32.5 Å². The fraction of sp³-hybridized carbons (Fsp3) is 0.429. The van der Waals surface area contributed by atoms with E-state index in [2.05, 4.69) is 9.97 Å². The summed E-state index contributed by atoms with van der Waals surface area (Å²) in [5.41, 5.74) is -1.16. The van der Waals surface area contributed by atoms with Crippen molar-refractivity contribution < 1.29 is 4.92 Å². The zero-order valence-corrected chi connectivity index (χ0v) is 6.69. The van der Waals surface area contributed by atoms with Crippen molar-refractivity contribution in [3.8, 4) is 0 Å². The first-order valence-corrected chi connectivity index (χ1v) is 3.92. The molecule has 1 aromatic rings. The van der Waals surface area contributed by atoms with E-state index in [1.807, 2.05) is 0 Å². The maximum absolute atomic E-state index is 11.1. The molecule has 0 aliphatic heterocycles. The lowest BCUT2D eigenvalue weighted by Crippen LogP contribution is -2.14. The minimum Gasteiger partial charge on any atom is -0.304 e. The predicted molar refractivity (Wildman–Crippen MR) is 43.5 cm³/mol. The largest absolute Gasteiger partial charge is 0.351 e. The summed E-state index contributed by atoms with van der Waals surface area (Å²) < 4.78 is 0. The van der Waals surface area contributed by atoms with Crippen LogP contribution >= 0.6 is 0 Å². The van der Waals surface area contributed by atoms with Crippen LogP contribution in [0.4, 0.5) is 5.69 Å². The average Bonchev–Trinajstić information content (AvgIpc) is 2.85. The molecule has 0 saturated heterocycles. The second kappa shape index (κ2) is 2.65. The first-order chi connectivity index (χ1) is 6.18. The molecule has 1 N–H and O–H groups in total. The fourth-order valence-electron chi connectivity index (χ4n) is 1.10. The summed E-state index contributed by atoms with van der Waals surface area (Å²) in [5, 5.41) is 10.3. The van der Waals surface area contributed by atoms with Crippen molar-refractivity contribution >= 4 is 5.69 Å². The molecule has 1 saturated carbocycles. The maximum Gasteiger partial charge on any atom is 0.351 e. The normalized spacial score (nSPS) is 15.7. The summed E-state index contributed by atoms with van der Waals surface area (Å²) in [6, 6.07) is 0. The van der Waals surface area contributed by atoms with Gasteiger partial charge in [-0.15, -0.1) is 0 Å². The molecular formula is C7H7N3O3. The van der Waals surface area contributed by atoms with Crippen molar-refractivity contribution in [1.29, 1.82) is 0 Å². The number of hydrogen-bond donors (Lipinski definition) is 1. The molecule has 0 spiro atoms. The van der Waals surface area contributed by atoms with Crippen LogP contribution in [0.3, 0.4) is 0 Å². The Morgan fingerprint density at radius 1 is 1.62 bits per heavy atom. The molecule has 1 aromatic heterocycles. The first-order valence-electron chi connectivity index (χ1n) is 3.92. The van der Waals surface area contributed by atoms with Crippen LogP contribution in [0, 0.1) is 10.1 Å². The molecule has 1 fully saturated rings. The summed E-state index contributed by atoms with van der Waals surface area (Å²) in [4.78, 5) is 26.8. The molecule has 1 aliphatic rings. The number of nitrogens with one attached hydrogen (secondary N) is 1. The van der Waals surface area contributed by atoms with Crippen LogP contribution in [0.2, 0.25) is 0 Å². The highest BCUT2D eigenvalue weighted by atomic mass is 16.6. The number of aromatic amines is 1. The number of aromatic nitrogens is 2. The topological polar surface area (TPSA) is 88.9 Å². The lowest BCUT2D eigenvalue weighted by molar-refractivity contribution is -0.386. The van der Waals surface area contributed by atoms with Crippen LogP contribution in [0.5, 0.6) is 0 Å². The smallest absolute Gasteiger partial charge is 0.304 e. The van der Waals surface area contributed by atoms with Gasteiger partial charge in [-0.05, 0) is 12.8 Å². The Hall–Kier alpha value is -1.72. The van der Waals surface area contributed by atoms with Gasteiger partial charge in [0.05, 0.1) is 4.92 Å². The van der Waals surface area contributed by atoms with Gasteiger partial charge in [0, 0.05) is 5.92 Å². The number of hydrogen-bond acceptors (Lipinski definition) is 4. The van der Waals surface area contributed by atoms with E-state index in [-0.39, 0.29) is 0 Å². The lowest BCUT2D eigenvalue weighted by atomic mass is 10.4. The highest BCUT2D eigenvalue weighted by Crippen LogP contribution is 2.37. The van der Waals surface area contributed by atoms with Crippen LogP contribution in [-0.2, 0) is 0 Å². The Balaban J connectivity index is 2.42. The van der Waals surface area contributed by atoms with Gasteiger partial charge < -0.3 is 4.98 Å². The highest BCUT2D eigenvalue weighted by molar-refractivity contribution is 5.22. The minimum atomic E-state index is -0.734. The summed E-state index contributed by atoms with van der Waals surface area (Å²) in [5.74, 6) is 0.865. The highest BCUT2D eigenvalue weighted by Gasteiger charge is 2.27. The molecule has 0 bridgehead atoms. The summed E-state index contributed by atoms with van der Waals surface area (Å²) in [6.07, 6.45) is 3.02. The quantitative estimate of drug-likeness (QED) is 0.533. The molecule has 0 atom stereocenters. The Kier molecular flexibility index (Phi) is 1.61. The molecule has 2 rings (SSSR count). The Morgan fingerprint density at radius 2 is 2.31 bits per heavy atom. The fourth-order valence-corrected chi connectivity index (χ4v) is 1.10. The number of rotatable bonds is 2. The molecule has 0 unspecified atom stereocenters. The Bertz CT molecular complexity index is 408. The van der Waals surface area contributed by atoms with Crippen LogP contribution in [0.15, 0.2) is 11.0 Å². The van der Waals surface area contributed by atoms with Gasteiger partial charge >= 0.3 is 11.2 Å². The zero-order chi connectivity index (χ0) is 9.42. The van der Waals surface area contributed by atoms with E-state index >= 15 is 0 Å². The van der Waals surface area contributed by atoms with Crippen molar-refractivity contribution in [2.24, 2.45) is 0 Å².